The molecule has 0 amide bonds. The zero-order valence-corrected chi connectivity index (χ0v) is 20.2. The lowest BCUT2D eigenvalue weighted by molar-refractivity contribution is -0.140. The molecule has 30 heavy (non-hydrogen) atoms. The van der Waals surface area contributed by atoms with Gasteiger partial charge >= 0.3 is 6.18 Å². The number of hydrogen-bond donors (Lipinski definition) is 3. The summed E-state index contributed by atoms with van der Waals surface area (Å²) in [5, 5.41) is 7.52. The summed E-state index contributed by atoms with van der Waals surface area (Å²) in [5.41, 5.74) is 0.728. The monoisotopic (exact) mass is 577 g/mol. The second-order valence-electron chi connectivity index (χ2n) is 6.01. The van der Waals surface area contributed by atoms with Crippen molar-refractivity contribution in [2.45, 2.75) is 24.9 Å². The van der Waals surface area contributed by atoms with Crippen LogP contribution in [0.2, 0.25) is 0 Å². The van der Waals surface area contributed by atoms with Crippen molar-refractivity contribution in [3.63, 3.8) is 0 Å². The molecule has 0 atom stereocenters. The number of aliphatic imine (C=N–C) groups is 1. The molecule has 0 aliphatic carbocycles. The highest BCUT2D eigenvalue weighted by molar-refractivity contribution is 14.0. The van der Waals surface area contributed by atoms with Gasteiger partial charge in [0.2, 0.25) is 10.0 Å². The Labute approximate surface area is 194 Å². The van der Waals surface area contributed by atoms with Gasteiger partial charge in [0.25, 0.3) is 0 Å². The van der Waals surface area contributed by atoms with E-state index in [0.717, 1.165) is 22.3 Å². The summed E-state index contributed by atoms with van der Waals surface area (Å²) in [6.07, 6.45) is -4.08. The van der Waals surface area contributed by atoms with Gasteiger partial charge in [-0.25, -0.2) is 18.1 Å². The summed E-state index contributed by atoms with van der Waals surface area (Å²) in [5.74, 6) is 0.409. The fraction of sp³-hybridized carbons (Fsp3) is 0.412. The highest BCUT2D eigenvalue weighted by Crippen LogP contribution is 2.29. The van der Waals surface area contributed by atoms with Gasteiger partial charge in [-0.2, -0.15) is 13.2 Å². The molecule has 0 aliphatic heterocycles. The minimum absolute atomic E-state index is 0. The first-order valence-corrected chi connectivity index (χ1v) is 11.1. The van der Waals surface area contributed by atoms with E-state index < -0.39 is 21.9 Å². The molecule has 1 aromatic carbocycles. The Kier molecular flexibility index (Phi) is 10.5. The van der Waals surface area contributed by atoms with E-state index >= 15 is 0 Å². The van der Waals surface area contributed by atoms with Crippen molar-refractivity contribution in [1.82, 2.24) is 20.3 Å². The summed E-state index contributed by atoms with van der Waals surface area (Å²) in [7, 11) is -0.356. The Balaban J connectivity index is 0.00000450. The second kappa shape index (κ2) is 11.8. The Morgan fingerprint density at radius 1 is 1.17 bits per heavy atom. The third-order valence-corrected chi connectivity index (χ3v) is 6.09. The number of rotatable bonds is 8. The van der Waals surface area contributed by atoms with Crippen LogP contribution in [0.4, 0.5) is 13.2 Å². The number of halogens is 4. The van der Waals surface area contributed by atoms with Crippen LogP contribution in [0.3, 0.4) is 0 Å². The number of hydrogen-bond acceptors (Lipinski definition) is 5. The standard InChI is InChI=1S/C17H22F3N5O2S2.HI/c1-21-16(23-8-7-15-25-14(10-28-15)17(18,19)20)24-9-12-3-5-13(6-4-12)11-29(26,27)22-2;/h3-6,10,22H,7-9,11H2,1-2H3,(H2,21,23,24);1H. The van der Waals surface area contributed by atoms with Crippen molar-refractivity contribution >= 4 is 51.3 Å². The predicted molar refractivity (Wildman–Crippen MR) is 123 cm³/mol. The minimum Gasteiger partial charge on any atom is -0.356 e. The van der Waals surface area contributed by atoms with Gasteiger partial charge in [-0.1, -0.05) is 24.3 Å². The summed E-state index contributed by atoms with van der Waals surface area (Å²) < 4.78 is 63.1. The first kappa shape index (κ1) is 26.6. The highest BCUT2D eigenvalue weighted by Gasteiger charge is 2.33. The molecule has 0 saturated heterocycles. The lowest BCUT2D eigenvalue weighted by Crippen LogP contribution is -2.37. The van der Waals surface area contributed by atoms with Gasteiger partial charge in [-0.3, -0.25) is 4.99 Å². The number of nitrogens with one attached hydrogen (secondary N) is 3. The zero-order chi connectivity index (χ0) is 21.5. The molecule has 0 fully saturated rings. The summed E-state index contributed by atoms with van der Waals surface area (Å²) >= 11 is 0.974. The third kappa shape index (κ3) is 8.73. The molecule has 1 aromatic heterocycles. The zero-order valence-electron chi connectivity index (χ0n) is 16.3. The Hall–Kier alpha value is -1.45. The van der Waals surface area contributed by atoms with Crippen LogP contribution in [-0.2, 0) is 34.9 Å². The quantitative estimate of drug-likeness (QED) is 0.255. The summed E-state index contributed by atoms with van der Waals surface area (Å²) in [6.45, 7) is 0.833. The number of benzene rings is 1. The van der Waals surface area contributed by atoms with Crippen molar-refractivity contribution in [3.8, 4) is 0 Å². The Morgan fingerprint density at radius 3 is 2.33 bits per heavy atom. The Bertz CT molecular complexity index is 932. The van der Waals surface area contributed by atoms with Crippen molar-refractivity contribution < 1.29 is 21.6 Å². The lowest BCUT2D eigenvalue weighted by atomic mass is 10.1. The number of alkyl halides is 3. The highest BCUT2D eigenvalue weighted by atomic mass is 127. The van der Waals surface area contributed by atoms with E-state index in [1.807, 2.05) is 12.1 Å². The first-order chi connectivity index (χ1) is 13.6. The lowest BCUT2D eigenvalue weighted by Gasteiger charge is -2.12. The molecule has 13 heteroatoms. The smallest absolute Gasteiger partial charge is 0.356 e. The van der Waals surface area contributed by atoms with Crippen LogP contribution < -0.4 is 15.4 Å². The molecule has 2 rings (SSSR count). The van der Waals surface area contributed by atoms with Crippen LogP contribution in [0, 0.1) is 0 Å². The molecular formula is C17H23F3IN5O2S2. The van der Waals surface area contributed by atoms with Gasteiger partial charge in [0.05, 0.1) is 10.8 Å². The Morgan fingerprint density at radius 2 is 1.80 bits per heavy atom. The maximum absolute atomic E-state index is 12.6. The molecule has 1 heterocycles. The molecule has 0 bridgehead atoms. The van der Waals surface area contributed by atoms with E-state index in [0.29, 0.717) is 36.0 Å². The SMILES string of the molecule is CN=C(NCCc1nc(C(F)(F)F)cs1)NCc1ccc(CS(=O)(=O)NC)cc1.I. The van der Waals surface area contributed by atoms with E-state index in [1.165, 1.54) is 7.05 Å². The molecule has 2 aromatic rings. The van der Waals surface area contributed by atoms with Gasteiger partial charge in [0.15, 0.2) is 11.7 Å². The fourth-order valence-electron chi connectivity index (χ4n) is 2.30. The number of guanidine groups is 1. The van der Waals surface area contributed by atoms with E-state index in [-0.39, 0.29) is 29.7 Å². The third-order valence-electron chi connectivity index (χ3n) is 3.85. The normalized spacial score (nSPS) is 12.4. The van der Waals surface area contributed by atoms with Crippen LogP contribution in [0.15, 0.2) is 34.6 Å². The average molecular weight is 577 g/mol. The van der Waals surface area contributed by atoms with Gasteiger partial charge in [-0.15, -0.1) is 35.3 Å². The van der Waals surface area contributed by atoms with Crippen molar-refractivity contribution in [3.05, 3.63) is 51.5 Å². The average Bonchev–Trinajstić information content (AvgIpc) is 3.15. The van der Waals surface area contributed by atoms with Crippen LogP contribution in [0.1, 0.15) is 21.8 Å². The topological polar surface area (TPSA) is 95.5 Å². The molecule has 0 saturated carbocycles. The first-order valence-electron chi connectivity index (χ1n) is 8.58. The molecule has 0 spiro atoms. The number of aromatic nitrogens is 1. The van der Waals surface area contributed by atoms with Crippen molar-refractivity contribution in [1.29, 1.82) is 0 Å². The van der Waals surface area contributed by atoms with E-state index in [9.17, 15) is 21.6 Å². The minimum atomic E-state index is -4.42. The van der Waals surface area contributed by atoms with E-state index in [1.54, 1.807) is 19.2 Å². The molecule has 0 unspecified atom stereocenters. The molecule has 0 aliphatic rings. The van der Waals surface area contributed by atoms with Crippen molar-refractivity contribution in [2.24, 2.45) is 4.99 Å². The van der Waals surface area contributed by atoms with Gasteiger partial charge < -0.3 is 10.6 Å². The van der Waals surface area contributed by atoms with Crippen LogP contribution in [0.5, 0.6) is 0 Å². The fourth-order valence-corrected chi connectivity index (χ4v) is 3.88. The summed E-state index contributed by atoms with van der Waals surface area (Å²) in [4.78, 5) is 7.65. The van der Waals surface area contributed by atoms with Crippen LogP contribution in [-0.4, -0.2) is 40.0 Å². The molecule has 7 nitrogen and oxygen atoms in total. The molecule has 3 N–H and O–H groups in total. The van der Waals surface area contributed by atoms with Crippen LogP contribution in [0.25, 0.3) is 0 Å². The maximum Gasteiger partial charge on any atom is 0.434 e. The largest absolute Gasteiger partial charge is 0.434 e. The van der Waals surface area contributed by atoms with Crippen LogP contribution >= 0.6 is 35.3 Å². The maximum atomic E-state index is 12.6. The molecule has 168 valence electrons. The molecular weight excluding hydrogens is 554 g/mol. The van der Waals surface area contributed by atoms with Gasteiger partial charge in [-0.05, 0) is 18.2 Å². The number of thiazole rings is 1. The van der Waals surface area contributed by atoms with Crippen molar-refractivity contribution in [2.75, 3.05) is 20.6 Å². The van der Waals surface area contributed by atoms with Gasteiger partial charge in [0, 0.05) is 31.9 Å². The van der Waals surface area contributed by atoms with Gasteiger partial charge in [0.1, 0.15) is 0 Å². The molecule has 0 radical (unpaired) electrons. The number of sulfonamides is 1. The second-order valence-corrected chi connectivity index (χ2v) is 8.88. The predicted octanol–water partition coefficient (Wildman–Crippen LogP) is 2.74. The van der Waals surface area contributed by atoms with E-state index in [4.69, 9.17) is 0 Å². The van der Waals surface area contributed by atoms with E-state index in [2.05, 4.69) is 25.3 Å². The number of nitrogens with zero attached hydrogens (tertiary/aromatic N) is 2. The summed E-state index contributed by atoms with van der Waals surface area (Å²) in [6, 6.07) is 7.11.